The smallest absolute Gasteiger partial charge is 0.338 e. The van der Waals surface area contributed by atoms with E-state index < -0.39 is 10.9 Å². The molecule has 0 saturated carbocycles. The van der Waals surface area contributed by atoms with Gasteiger partial charge in [0.05, 0.1) is 15.4 Å². The summed E-state index contributed by atoms with van der Waals surface area (Å²) in [6, 6.07) is 13.6. The zero-order valence-corrected chi connectivity index (χ0v) is 12.1. The summed E-state index contributed by atoms with van der Waals surface area (Å²) < 4.78 is 5.15. The number of hydrogen-bond donors (Lipinski definition) is 0. The second-order valence-electron chi connectivity index (χ2n) is 4.21. The zero-order chi connectivity index (χ0) is 15.2. The first-order valence-corrected chi connectivity index (χ1v) is 7.38. The van der Waals surface area contributed by atoms with Crippen molar-refractivity contribution in [3.05, 3.63) is 69.8 Å². The van der Waals surface area contributed by atoms with E-state index in [4.69, 9.17) is 4.74 Å². The van der Waals surface area contributed by atoms with Crippen LogP contribution in [0.15, 0.2) is 53.4 Å². The van der Waals surface area contributed by atoms with Crippen LogP contribution in [0.4, 0.5) is 5.69 Å². The number of nitro benzene ring substituents is 1. The van der Waals surface area contributed by atoms with Crippen LogP contribution in [0.1, 0.15) is 15.9 Å². The Hall–Kier alpha value is -2.34. The summed E-state index contributed by atoms with van der Waals surface area (Å²) in [4.78, 5) is 22.9. The maximum Gasteiger partial charge on any atom is 0.338 e. The molecule has 0 N–H and O–H groups in total. The Morgan fingerprint density at radius 2 is 1.95 bits per heavy atom. The van der Waals surface area contributed by atoms with Crippen molar-refractivity contribution in [1.82, 2.24) is 0 Å². The lowest BCUT2D eigenvalue weighted by molar-refractivity contribution is -0.387. The third-order valence-corrected chi connectivity index (χ3v) is 3.61. The number of benzene rings is 2. The number of carbonyl (C=O) groups excluding carboxylic acids is 1. The van der Waals surface area contributed by atoms with Gasteiger partial charge in [0.15, 0.2) is 0 Å². The molecule has 6 heteroatoms. The van der Waals surface area contributed by atoms with Crippen LogP contribution in [0.3, 0.4) is 0 Å². The van der Waals surface area contributed by atoms with Gasteiger partial charge in [0, 0.05) is 6.07 Å². The van der Waals surface area contributed by atoms with Gasteiger partial charge in [-0.15, -0.1) is 11.8 Å². The molecule has 0 aliphatic carbocycles. The van der Waals surface area contributed by atoms with Gasteiger partial charge >= 0.3 is 5.97 Å². The number of thioether (sulfide) groups is 1. The van der Waals surface area contributed by atoms with Crippen LogP contribution < -0.4 is 0 Å². The lowest BCUT2D eigenvalue weighted by Crippen LogP contribution is -2.06. The summed E-state index contributed by atoms with van der Waals surface area (Å²) in [5, 5.41) is 11.0. The van der Waals surface area contributed by atoms with E-state index in [0.29, 0.717) is 4.90 Å². The molecule has 0 unspecified atom stereocenters. The van der Waals surface area contributed by atoms with E-state index in [9.17, 15) is 14.9 Å². The Morgan fingerprint density at radius 3 is 2.57 bits per heavy atom. The quantitative estimate of drug-likeness (QED) is 0.365. The molecule has 5 nitrogen and oxygen atoms in total. The van der Waals surface area contributed by atoms with Crippen LogP contribution >= 0.6 is 11.8 Å². The molecule has 0 fully saturated rings. The van der Waals surface area contributed by atoms with Gasteiger partial charge in [-0.1, -0.05) is 30.3 Å². The summed E-state index contributed by atoms with van der Waals surface area (Å²) in [6.45, 7) is 0.137. The summed E-state index contributed by atoms with van der Waals surface area (Å²) in [5.74, 6) is -0.574. The van der Waals surface area contributed by atoms with E-state index in [1.54, 1.807) is 12.3 Å². The summed E-state index contributed by atoms with van der Waals surface area (Å²) >= 11 is 1.26. The molecule has 0 bridgehead atoms. The topological polar surface area (TPSA) is 69.4 Å². The molecule has 0 spiro atoms. The maximum atomic E-state index is 11.9. The van der Waals surface area contributed by atoms with E-state index in [-0.39, 0.29) is 17.9 Å². The van der Waals surface area contributed by atoms with Gasteiger partial charge in [-0.2, -0.15) is 0 Å². The molecule has 2 aromatic rings. The van der Waals surface area contributed by atoms with Crippen molar-refractivity contribution in [1.29, 1.82) is 0 Å². The van der Waals surface area contributed by atoms with Gasteiger partial charge in [-0.05, 0) is 24.0 Å². The maximum absolute atomic E-state index is 11.9. The van der Waals surface area contributed by atoms with E-state index in [1.807, 2.05) is 30.3 Å². The Labute approximate surface area is 126 Å². The summed E-state index contributed by atoms with van der Waals surface area (Å²) in [5.41, 5.74) is 0.952. The van der Waals surface area contributed by atoms with Crippen LogP contribution in [-0.2, 0) is 11.3 Å². The van der Waals surface area contributed by atoms with Crippen LogP contribution in [0.5, 0.6) is 0 Å². The Balaban J connectivity index is 2.12. The lowest BCUT2D eigenvalue weighted by Gasteiger charge is -2.06. The van der Waals surface area contributed by atoms with E-state index in [2.05, 4.69) is 0 Å². The number of rotatable bonds is 5. The van der Waals surface area contributed by atoms with Gasteiger partial charge in [-0.3, -0.25) is 10.1 Å². The Bertz CT molecular complexity index is 658. The Kier molecular flexibility index (Phi) is 4.94. The minimum atomic E-state index is -0.574. The summed E-state index contributed by atoms with van der Waals surface area (Å²) in [7, 11) is 0. The second kappa shape index (κ2) is 6.90. The van der Waals surface area contributed by atoms with E-state index in [0.717, 1.165) is 5.56 Å². The molecule has 0 amide bonds. The first kappa shape index (κ1) is 15.1. The van der Waals surface area contributed by atoms with Crippen LogP contribution in [0.25, 0.3) is 0 Å². The van der Waals surface area contributed by atoms with E-state index >= 15 is 0 Å². The minimum Gasteiger partial charge on any atom is -0.457 e. The first-order valence-electron chi connectivity index (χ1n) is 6.15. The van der Waals surface area contributed by atoms with Crippen molar-refractivity contribution >= 4 is 23.4 Å². The highest BCUT2D eigenvalue weighted by Crippen LogP contribution is 2.28. The molecule has 2 aromatic carbocycles. The lowest BCUT2D eigenvalue weighted by atomic mass is 10.2. The van der Waals surface area contributed by atoms with Crippen LogP contribution in [0.2, 0.25) is 0 Å². The normalized spacial score (nSPS) is 10.1. The highest BCUT2D eigenvalue weighted by atomic mass is 32.2. The minimum absolute atomic E-state index is 0.0864. The number of carbonyl (C=O) groups is 1. The molecule has 0 saturated heterocycles. The zero-order valence-electron chi connectivity index (χ0n) is 11.3. The predicted molar refractivity (Wildman–Crippen MR) is 80.4 cm³/mol. The monoisotopic (exact) mass is 303 g/mol. The molecule has 21 heavy (non-hydrogen) atoms. The second-order valence-corrected chi connectivity index (χ2v) is 5.05. The molecule has 0 heterocycles. The van der Waals surface area contributed by atoms with E-state index in [1.165, 1.54) is 23.9 Å². The SMILES string of the molecule is CSc1ccc(C(=O)OCc2ccccc2)cc1[N+](=O)[O-]. The third-order valence-electron chi connectivity index (χ3n) is 2.82. The van der Waals surface area contributed by atoms with Crippen molar-refractivity contribution in [2.45, 2.75) is 11.5 Å². The number of ether oxygens (including phenoxy) is 1. The molecule has 0 atom stereocenters. The molecule has 0 aromatic heterocycles. The van der Waals surface area contributed by atoms with Crippen molar-refractivity contribution in [2.75, 3.05) is 6.26 Å². The number of esters is 1. The first-order chi connectivity index (χ1) is 10.1. The molecule has 2 rings (SSSR count). The standard InChI is InChI=1S/C15H13NO4S/c1-21-14-8-7-12(9-13(14)16(18)19)15(17)20-10-11-5-3-2-4-6-11/h2-9H,10H2,1H3. The average Bonchev–Trinajstić information content (AvgIpc) is 2.52. The molecule has 0 aliphatic heterocycles. The Morgan fingerprint density at radius 1 is 1.24 bits per heavy atom. The highest BCUT2D eigenvalue weighted by Gasteiger charge is 2.17. The van der Waals surface area contributed by atoms with Gasteiger partial charge in [0.25, 0.3) is 5.69 Å². The van der Waals surface area contributed by atoms with Gasteiger partial charge in [-0.25, -0.2) is 4.79 Å². The van der Waals surface area contributed by atoms with Crippen LogP contribution in [0, 0.1) is 10.1 Å². The van der Waals surface area contributed by atoms with Crippen molar-refractivity contribution in [2.24, 2.45) is 0 Å². The van der Waals surface area contributed by atoms with Crippen LogP contribution in [-0.4, -0.2) is 17.1 Å². The van der Waals surface area contributed by atoms with Crippen molar-refractivity contribution in [3.8, 4) is 0 Å². The molecule has 0 radical (unpaired) electrons. The van der Waals surface area contributed by atoms with Crippen molar-refractivity contribution < 1.29 is 14.5 Å². The average molecular weight is 303 g/mol. The molecular weight excluding hydrogens is 290 g/mol. The van der Waals surface area contributed by atoms with Gasteiger partial charge in [0.1, 0.15) is 6.61 Å². The number of hydrogen-bond acceptors (Lipinski definition) is 5. The molecule has 108 valence electrons. The fourth-order valence-corrected chi connectivity index (χ4v) is 2.31. The molecule has 0 aliphatic rings. The largest absolute Gasteiger partial charge is 0.457 e. The molecular formula is C15H13NO4S. The summed E-state index contributed by atoms with van der Waals surface area (Å²) in [6.07, 6.45) is 1.75. The van der Waals surface area contributed by atoms with Gasteiger partial charge in [0.2, 0.25) is 0 Å². The number of nitro groups is 1. The fraction of sp³-hybridized carbons (Fsp3) is 0.133. The number of nitrogens with zero attached hydrogens (tertiary/aromatic N) is 1. The highest BCUT2D eigenvalue weighted by molar-refractivity contribution is 7.98. The third kappa shape index (κ3) is 3.82. The fourth-order valence-electron chi connectivity index (χ4n) is 1.77. The predicted octanol–water partition coefficient (Wildman–Crippen LogP) is 3.67. The van der Waals surface area contributed by atoms with Crippen molar-refractivity contribution in [3.63, 3.8) is 0 Å². The van der Waals surface area contributed by atoms with Gasteiger partial charge < -0.3 is 4.74 Å².